The summed E-state index contributed by atoms with van der Waals surface area (Å²) >= 11 is 0. The zero-order valence-corrected chi connectivity index (χ0v) is 15.7. The molecule has 1 saturated heterocycles. The van der Waals surface area contributed by atoms with Crippen LogP contribution in [0.1, 0.15) is 54.4 Å². The van der Waals surface area contributed by atoms with Crippen molar-refractivity contribution >= 4 is 0 Å². The van der Waals surface area contributed by atoms with E-state index in [4.69, 9.17) is 4.74 Å². The predicted molar refractivity (Wildman–Crippen MR) is 91.8 cm³/mol. The van der Waals surface area contributed by atoms with E-state index < -0.39 is 0 Å². The van der Waals surface area contributed by atoms with E-state index in [0.717, 1.165) is 19.1 Å². The standard InChI is InChI=1S/C18H38N2O/c1-9-15(2)21-14-18(5,6)12-17(3,4)13-20-10-16(11-20)19(7)8/h15-16H,9-14H2,1-8H3. The molecule has 0 aliphatic carbocycles. The molecule has 1 rings (SSSR count). The van der Waals surface area contributed by atoms with Gasteiger partial charge in [0.15, 0.2) is 0 Å². The number of hydrogen-bond donors (Lipinski definition) is 0. The van der Waals surface area contributed by atoms with Crippen LogP contribution in [0.4, 0.5) is 0 Å². The molecular weight excluding hydrogens is 260 g/mol. The van der Waals surface area contributed by atoms with Gasteiger partial charge in [0.25, 0.3) is 0 Å². The molecule has 0 aromatic heterocycles. The normalized spacial score (nSPS) is 19.9. The van der Waals surface area contributed by atoms with E-state index in [1.165, 1.54) is 26.1 Å². The molecule has 1 heterocycles. The van der Waals surface area contributed by atoms with Gasteiger partial charge in [-0.2, -0.15) is 0 Å². The second-order valence-corrected chi connectivity index (χ2v) is 8.85. The van der Waals surface area contributed by atoms with Crippen molar-refractivity contribution in [2.45, 2.75) is 66.5 Å². The highest BCUT2D eigenvalue weighted by atomic mass is 16.5. The van der Waals surface area contributed by atoms with Gasteiger partial charge in [-0.1, -0.05) is 34.6 Å². The molecule has 0 aromatic carbocycles. The minimum atomic E-state index is 0.249. The quantitative estimate of drug-likeness (QED) is 0.648. The summed E-state index contributed by atoms with van der Waals surface area (Å²) in [5.41, 5.74) is 0.596. The van der Waals surface area contributed by atoms with Crippen LogP contribution in [0, 0.1) is 10.8 Å². The van der Waals surface area contributed by atoms with Crippen molar-refractivity contribution in [1.29, 1.82) is 0 Å². The van der Waals surface area contributed by atoms with E-state index in [0.29, 0.717) is 11.5 Å². The number of likely N-dealkylation sites (tertiary alicyclic amines) is 1. The molecule has 1 atom stereocenters. The summed E-state index contributed by atoms with van der Waals surface area (Å²) in [5.74, 6) is 0. The fraction of sp³-hybridized carbons (Fsp3) is 1.00. The summed E-state index contributed by atoms with van der Waals surface area (Å²) in [6.07, 6.45) is 2.68. The predicted octanol–water partition coefficient (Wildman–Crippen LogP) is 3.49. The fourth-order valence-electron chi connectivity index (χ4n) is 3.49. The average molecular weight is 299 g/mol. The van der Waals surface area contributed by atoms with Gasteiger partial charge in [-0.15, -0.1) is 0 Å². The maximum Gasteiger partial charge on any atom is 0.0544 e. The van der Waals surface area contributed by atoms with Gasteiger partial charge in [-0.05, 0) is 44.7 Å². The minimum absolute atomic E-state index is 0.249. The van der Waals surface area contributed by atoms with Crippen LogP contribution in [0.5, 0.6) is 0 Å². The lowest BCUT2D eigenvalue weighted by Crippen LogP contribution is -2.59. The van der Waals surface area contributed by atoms with Crippen molar-refractivity contribution < 1.29 is 4.74 Å². The Morgan fingerprint density at radius 3 is 2.19 bits per heavy atom. The Kier molecular flexibility index (Phi) is 6.70. The first-order chi connectivity index (χ1) is 9.54. The molecule has 1 unspecified atom stereocenters. The lowest BCUT2D eigenvalue weighted by molar-refractivity contribution is -0.0207. The molecule has 0 saturated carbocycles. The van der Waals surface area contributed by atoms with Crippen molar-refractivity contribution in [2.75, 3.05) is 40.3 Å². The summed E-state index contributed by atoms with van der Waals surface area (Å²) in [6, 6.07) is 0.752. The summed E-state index contributed by atoms with van der Waals surface area (Å²) < 4.78 is 5.98. The first-order valence-electron chi connectivity index (χ1n) is 8.55. The van der Waals surface area contributed by atoms with Gasteiger partial charge in [-0.3, -0.25) is 4.90 Å². The Bertz CT molecular complexity index is 306. The van der Waals surface area contributed by atoms with Crippen LogP contribution in [0.25, 0.3) is 0 Å². The van der Waals surface area contributed by atoms with Crippen molar-refractivity contribution in [2.24, 2.45) is 10.8 Å². The summed E-state index contributed by atoms with van der Waals surface area (Å²) in [4.78, 5) is 4.93. The van der Waals surface area contributed by atoms with Crippen LogP contribution in [0.2, 0.25) is 0 Å². The molecule has 3 nitrogen and oxygen atoms in total. The van der Waals surface area contributed by atoms with Gasteiger partial charge in [-0.25, -0.2) is 0 Å². The number of hydrogen-bond acceptors (Lipinski definition) is 3. The van der Waals surface area contributed by atoms with Crippen LogP contribution >= 0.6 is 0 Å². The first kappa shape index (κ1) is 18.9. The van der Waals surface area contributed by atoms with E-state index in [-0.39, 0.29) is 5.41 Å². The Morgan fingerprint density at radius 1 is 1.14 bits per heavy atom. The third kappa shape index (κ3) is 6.66. The third-order valence-corrected chi connectivity index (χ3v) is 4.61. The largest absolute Gasteiger partial charge is 0.378 e. The molecule has 0 amide bonds. The lowest BCUT2D eigenvalue weighted by Gasteiger charge is -2.47. The van der Waals surface area contributed by atoms with Gasteiger partial charge < -0.3 is 9.64 Å². The lowest BCUT2D eigenvalue weighted by atomic mass is 9.74. The first-order valence-corrected chi connectivity index (χ1v) is 8.55. The molecule has 21 heavy (non-hydrogen) atoms. The Hall–Kier alpha value is -0.120. The average Bonchev–Trinajstić information content (AvgIpc) is 2.28. The molecule has 0 N–H and O–H groups in total. The van der Waals surface area contributed by atoms with Gasteiger partial charge in [0.05, 0.1) is 12.7 Å². The zero-order valence-electron chi connectivity index (χ0n) is 15.7. The summed E-state index contributed by atoms with van der Waals surface area (Å²) in [5, 5.41) is 0. The van der Waals surface area contributed by atoms with Crippen molar-refractivity contribution in [3.05, 3.63) is 0 Å². The third-order valence-electron chi connectivity index (χ3n) is 4.61. The number of ether oxygens (including phenoxy) is 1. The van der Waals surface area contributed by atoms with Crippen LogP contribution in [-0.4, -0.2) is 62.3 Å². The number of rotatable bonds is 9. The smallest absolute Gasteiger partial charge is 0.0544 e. The van der Waals surface area contributed by atoms with E-state index in [2.05, 4.69) is 65.4 Å². The molecule has 0 aromatic rings. The summed E-state index contributed by atoms with van der Waals surface area (Å²) in [6.45, 7) is 18.4. The van der Waals surface area contributed by atoms with E-state index >= 15 is 0 Å². The maximum absolute atomic E-state index is 5.98. The molecule has 1 fully saturated rings. The Labute approximate surface area is 133 Å². The Morgan fingerprint density at radius 2 is 1.71 bits per heavy atom. The molecule has 126 valence electrons. The van der Waals surface area contributed by atoms with Crippen LogP contribution in [0.15, 0.2) is 0 Å². The van der Waals surface area contributed by atoms with Crippen LogP contribution in [-0.2, 0) is 4.74 Å². The van der Waals surface area contributed by atoms with Crippen molar-refractivity contribution in [3.63, 3.8) is 0 Å². The fourth-order valence-corrected chi connectivity index (χ4v) is 3.49. The van der Waals surface area contributed by atoms with E-state index in [9.17, 15) is 0 Å². The van der Waals surface area contributed by atoms with E-state index in [1.54, 1.807) is 0 Å². The van der Waals surface area contributed by atoms with E-state index in [1.807, 2.05) is 0 Å². The molecule has 1 aliphatic rings. The number of nitrogens with zero attached hydrogens (tertiary/aromatic N) is 2. The Balaban J connectivity index is 2.37. The van der Waals surface area contributed by atoms with Crippen LogP contribution < -0.4 is 0 Å². The maximum atomic E-state index is 5.98. The SMILES string of the molecule is CCC(C)OCC(C)(C)CC(C)(C)CN1CC(N(C)C)C1. The molecular formula is C18H38N2O. The van der Waals surface area contributed by atoms with Gasteiger partial charge in [0, 0.05) is 25.7 Å². The topological polar surface area (TPSA) is 15.7 Å². The number of likely N-dealkylation sites (N-methyl/N-ethyl adjacent to an activating group) is 1. The zero-order chi connectivity index (χ0) is 16.3. The van der Waals surface area contributed by atoms with Gasteiger partial charge >= 0.3 is 0 Å². The second-order valence-electron chi connectivity index (χ2n) is 8.85. The highest BCUT2D eigenvalue weighted by molar-refractivity contribution is 4.90. The second kappa shape index (κ2) is 7.43. The molecule has 0 bridgehead atoms. The van der Waals surface area contributed by atoms with Crippen molar-refractivity contribution in [1.82, 2.24) is 9.80 Å². The monoisotopic (exact) mass is 298 g/mol. The minimum Gasteiger partial charge on any atom is -0.378 e. The highest BCUT2D eigenvalue weighted by Crippen LogP contribution is 2.35. The highest BCUT2D eigenvalue weighted by Gasteiger charge is 2.35. The van der Waals surface area contributed by atoms with Crippen LogP contribution in [0.3, 0.4) is 0 Å². The van der Waals surface area contributed by atoms with Gasteiger partial charge in [0.1, 0.15) is 0 Å². The molecule has 1 aliphatic heterocycles. The van der Waals surface area contributed by atoms with Gasteiger partial charge in [0.2, 0.25) is 0 Å². The summed E-state index contributed by atoms with van der Waals surface area (Å²) in [7, 11) is 4.37. The molecule has 3 heteroatoms. The van der Waals surface area contributed by atoms with Crippen molar-refractivity contribution in [3.8, 4) is 0 Å². The molecule has 0 radical (unpaired) electrons. The molecule has 0 spiro atoms.